The fourth-order valence-electron chi connectivity index (χ4n) is 4.63. The van der Waals surface area contributed by atoms with Gasteiger partial charge in [-0.25, -0.2) is 13.6 Å². The van der Waals surface area contributed by atoms with Gasteiger partial charge in [0.15, 0.2) is 0 Å². The van der Waals surface area contributed by atoms with Crippen LogP contribution in [-0.4, -0.2) is 43.4 Å². The number of nitrogens with one attached hydrogen (secondary N) is 1. The molecule has 3 heterocycles. The van der Waals surface area contributed by atoms with E-state index in [-0.39, 0.29) is 29.5 Å². The summed E-state index contributed by atoms with van der Waals surface area (Å²) >= 11 is 0. The Hall–Kier alpha value is -4.72. The number of carbonyl (C=O) groups excluding carboxylic acids is 2. The van der Waals surface area contributed by atoms with Gasteiger partial charge in [-0.3, -0.25) is 9.59 Å². The van der Waals surface area contributed by atoms with E-state index in [0.717, 1.165) is 11.9 Å². The molecule has 0 atom stereocenters. The highest BCUT2D eigenvalue weighted by Crippen LogP contribution is 2.28. The summed E-state index contributed by atoms with van der Waals surface area (Å²) in [5.41, 5.74) is 8.51. The maximum atomic E-state index is 13.6. The zero-order chi connectivity index (χ0) is 26.1. The van der Waals surface area contributed by atoms with Crippen molar-refractivity contribution in [1.29, 1.82) is 5.26 Å². The van der Waals surface area contributed by atoms with E-state index in [1.54, 1.807) is 28.9 Å². The lowest BCUT2D eigenvalue weighted by Crippen LogP contribution is -2.40. The van der Waals surface area contributed by atoms with Crippen LogP contribution in [0.15, 0.2) is 48.8 Å². The number of halogens is 1. The molecule has 0 radical (unpaired) electrons. The summed E-state index contributed by atoms with van der Waals surface area (Å²) in [6.07, 6.45) is 5.09. The Balaban J connectivity index is 1.21. The molecular formula is C26H24FN7O3. The predicted octanol–water partition coefficient (Wildman–Crippen LogP) is 3.06. The Morgan fingerprint density at radius 2 is 1.89 bits per heavy atom. The molecule has 0 saturated heterocycles. The molecule has 1 saturated carbocycles. The molecule has 4 aromatic rings. The molecule has 0 spiro atoms. The Labute approximate surface area is 211 Å². The molecule has 3 N–H and O–H groups in total. The first-order valence-corrected chi connectivity index (χ1v) is 11.8. The highest BCUT2D eigenvalue weighted by molar-refractivity contribution is 6.02. The van der Waals surface area contributed by atoms with Crippen LogP contribution in [0.2, 0.25) is 0 Å². The second kappa shape index (κ2) is 9.73. The van der Waals surface area contributed by atoms with Crippen molar-refractivity contribution in [2.75, 3.05) is 0 Å². The minimum atomic E-state index is -0.700. The summed E-state index contributed by atoms with van der Waals surface area (Å²) < 4.78 is 22.5. The molecule has 3 aromatic heterocycles. The van der Waals surface area contributed by atoms with Gasteiger partial charge in [-0.1, -0.05) is 0 Å². The van der Waals surface area contributed by atoms with Crippen LogP contribution in [0.1, 0.15) is 57.7 Å². The van der Waals surface area contributed by atoms with Gasteiger partial charge in [-0.05, 0) is 69.0 Å². The van der Waals surface area contributed by atoms with Gasteiger partial charge in [-0.2, -0.15) is 10.4 Å². The molecule has 1 fully saturated rings. The lowest BCUT2D eigenvalue weighted by molar-refractivity contribution is 0.0881. The van der Waals surface area contributed by atoms with Crippen LogP contribution in [0.3, 0.4) is 0 Å². The van der Waals surface area contributed by atoms with E-state index in [2.05, 4.69) is 21.6 Å². The lowest BCUT2D eigenvalue weighted by Gasteiger charge is -2.29. The third-order valence-corrected chi connectivity index (χ3v) is 6.59. The Bertz CT molecular complexity index is 1530. The molecule has 5 rings (SSSR count). The van der Waals surface area contributed by atoms with Crippen molar-refractivity contribution in [3.8, 4) is 17.6 Å². The number of fused-ring (bicyclic) bond motifs is 1. The van der Waals surface area contributed by atoms with Crippen LogP contribution >= 0.6 is 0 Å². The van der Waals surface area contributed by atoms with Crippen molar-refractivity contribution in [1.82, 2.24) is 24.7 Å². The molecule has 0 aliphatic heterocycles. The predicted molar refractivity (Wildman–Crippen MR) is 131 cm³/mol. The minimum Gasteiger partial charge on any atom is -0.473 e. The largest absolute Gasteiger partial charge is 0.473 e. The maximum Gasteiger partial charge on any atom is 0.256 e. The van der Waals surface area contributed by atoms with Crippen molar-refractivity contribution in [2.24, 2.45) is 5.73 Å². The van der Waals surface area contributed by atoms with Crippen molar-refractivity contribution in [3.63, 3.8) is 0 Å². The second-order valence-electron chi connectivity index (χ2n) is 9.00. The molecule has 37 heavy (non-hydrogen) atoms. The normalized spacial score (nSPS) is 17.3. The monoisotopic (exact) mass is 501 g/mol. The quantitative estimate of drug-likeness (QED) is 0.416. The van der Waals surface area contributed by atoms with E-state index in [0.29, 0.717) is 48.0 Å². The van der Waals surface area contributed by atoms with Crippen molar-refractivity contribution >= 4 is 17.3 Å². The number of primary amides is 1. The van der Waals surface area contributed by atoms with Crippen molar-refractivity contribution < 1.29 is 18.7 Å². The summed E-state index contributed by atoms with van der Waals surface area (Å²) in [4.78, 5) is 25.0. The maximum absolute atomic E-state index is 13.6. The summed E-state index contributed by atoms with van der Waals surface area (Å²) in [5, 5.41) is 20.6. The Morgan fingerprint density at radius 3 is 2.57 bits per heavy atom. The molecule has 0 bridgehead atoms. The number of benzene rings is 1. The second-order valence-corrected chi connectivity index (χ2v) is 9.00. The number of hydrogen-bond donors (Lipinski definition) is 2. The average Bonchev–Trinajstić information content (AvgIpc) is 3.44. The van der Waals surface area contributed by atoms with Gasteiger partial charge < -0.3 is 15.8 Å². The minimum absolute atomic E-state index is 0.0456. The highest BCUT2D eigenvalue weighted by Gasteiger charge is 2.28. The number of nitriles is 1. The number of nitrogens with zero attached hydrogens (tertiary/aromatic N) is 5. The van der Waals surface area contributed by atoms with Crippen molar-refractivity contribution in [3.05, 3.63) is 77.0 Å². The van der Waals surface area contributed by atoms with Crippen LogP contribution in [0.4, 0.5) is 4.39 Å². The fraction of sp³-hybridized carbons (Fsp3) is 0.269. The van der Waals surface area contributed by atoms with Gasteiger partial charge in [0, 0.05) is 6.04 Å². The van der Waals surface area contributed by atoms with E-state index < -0.39 is 11.7 Å². The number of pyridine rings is 1. The summed E-state index contributed by atoms with van der Waals surface area (Å²) in [5.74, 6) is -1.32. The number of nitrogens with two attached hydrogens (primary N) is 1. The molecule has 10 nitrogen and oxygen atoms in total. The summed E-state index contributed by atoms with van der Waals surface area (Å²) in [6.45, 7) is 1.82. The molecule has 1 aromatic carbocycles. The molecule has 188 valence electrons. The lowest BCUT2D eigenvalue weighted by atomic mass is 9.92. The zero-order valence-electron chi connectivity index (χ0n) is 20.0. The fourth-order valence-corrected chi connectivity index (χ4v) is 4.63. The number of aromatic nitrogens is 4. The van der Waals surface area contributed by atoms with Crippen molar-refractivity contribution in [2.45, 2.75) is 44.8 Å². The molecule has 1 aliphatic rings. The number of amides is 2. The van der Waals surface area contributed by atoms with Gasteiger partial charge >= 0.3 is 0 Å². The number of ether oxygens (including phenoxy) is 1. The van der Waals surface area contributed by atoms with Gasteiger partial charge in [0.1, 0.15) is 17.5 Å². The first-order chi connectivity index (χ1) is 17.8. The van der Waals surface area contributed by atoms with E-state index in [1.165, 1.54) is 22.8 Å². The number of rotatable bonds is 6. The Morgan fingerprint density at radius 1 is 1.16 bits per heavy atom. The van der Waals surface area contributed by atoms with Crippen LogP contribution in [0.25, 0.3) is 11.2 Å². The van der Waals surface area contributed by atoms with Gasteiger partial charge in [0.2, 0.25) is 5.88 Å². The van der Waals surface area contributed by atoms with E-state index in [4.69, 9.17) is 15.7 Å². The third-order valence-electron chi connectivity index (χ3n) is 6.59. The first-order valence-electron chi connectivity index (χ1n) is 11.8. The standard InChI is InChI=1S/C26H24FN7O3/c1-15-21(13-30-34(15)19-7-2-16(12-28)3-8-19)25(36)31-18-5-9-20(10-6-18)37-26-23(24(29)35)22-11-4-17(27)14-33(22)32-26/h2-4,7-8,11,13-14,18,20H,5-6,9-10H2,1H3,(H2,29,35)(H,31,36). The van der Waals surface area contributed by atoms with E-state index in [1.807, 2.05) is 6.92 Å². The topological polar surface area (TPSA) is 140 Å². The highest BCUT2D eigenvalue weighted by atomic mass is 19.1. The van der Waals surface area contributed by atoms with Crippen LogP contribution in [-0.2, 0) is 0 Å². The Kier molecular flexibility index (Phi) is 6.31. The first kappa shape index (κ1) is 24.0. The van der Waals surface area contributed by atoms with Crippen LogP contribution in [0, 0.1) is 24.1 Å². The zero-order valence-corrected chi connectivity index (χ0v) is 20.0. The van der Waals surface area contributed by atoms with Crippen LogP contribution in [0.5, 0.6) is 5.88 Å². The number of carbonyl (C=O) groups is 2. The number of hydrogen-bond acceptors (Lipinski definition) is 6. The SMILES string of the molecule is Cc1c(C(=O)NC2CCC(Oc3nn4cc(F)ccc4c3C(N)=O)CC2)cnn1-c1ccc(C#N)cc1. The van der Waals surface area contributed by atoms with E-state index >= 15 is 0 Å². The molecule has 1 aliphatic carbocycles. The summed E-state index contributed by atoms with van der Waals surface area (Å²) in [7, 11) is 0. The molecular weight excluding hydrogens is 477 g/mol. The third kappa shape index (κ3) is 4.73. The van der Waals surface area contributed by atoms with Gasteiger partial charge in [0.25, 0.3) is 11.8 Å². The molecule has 11 heteroatoms. The van der Waals surface area contributed by atoms with Gasteiger partial charge in [-0.15, -0.1) is 5.10 Å². The summed E-state index contributed by atoms with van der Waals surface area (Å²) in [6, 6.07) is 11.7. The van der Waals surface area contributed by atoms with Crippen LogP contribution < -0.4 is 15.8 Å². The van der Waals surface area contributed by atoms with E-state index in [9.17, 15) is 14.0 Å². The van der Waals surface area contributed by atoms with Gasteiger partial charge in [0.05, 0.1) is 46.5 Å². The smallest absolute Gasteiger partial charge is 0.256 e. The molecule has 0 unspecified atom stereocenters. The average molecular weight is 502 g/mol. The molecule has 2 amide bonds.